The van der Waals surface area contributed by atoms with Crippen LogP contribution >= 0.6 is 15.6 Å². The van der Waals surface area contributed by atoms with Crippen molar-refractivity contribution in [3.05, 3.63) is 0 Å². The molecule has 3 heterocycles. The average molecular weight is 1780 g/mol. The molecule has 4 rings (SSSR count). The number of phosphoric ester groups is 2. The summed E-state index contributed by atoms with van der Waals surface area (Å²) < 4.78 is 87.3. The van der Waals surface area contributed by atoms with Gasteiger partial charge in [0.15, 0.2) is 18.9 Å². The average Bonchev–Trinajstić information content (AvgIpc) is 0.817. The number of carbonyl (C=O) groups is 9. The van der Waals surface area contributed by atoms with Crippen molar-refractivity contribution >= 4 is 68.8 Å². The molecule has 17 unspecified atom stereocenters. The number of aliphatic hydroxyl groups is 10. The van der Waals surface area contributed by atoms with Gasteiger partial charge < -0.3 is 141 Å². The van der Waals surface area contributed by atoms with Crippen molar-refractivity contribution in [1.29, 1.82) is 0 Å². The molecule has 1 saturated carbocycles. The van der Waals surface area contributed by atoms with Gasteiger partial charge in [0.2, 0.25) is 53.2 Å². The van der Waals surface area contributed by atoms with Gasteiger partial charge in [-0.1, -0.05) is 38.5 Å². The highest BCUT2D eigenvalue weighted by Crippen LogP contribution is 2.44. The third kappa shape index (κ3) is 44.2. The van der Waals surface area contributed by atoms with E-state index in [9.17, 15) is 113 Å². The van der Waals surface area contributed by atoms with Crippen LogP contribution in [-0.2, 0) is 104 Å². The van der Waals surface area contributed by atoms with Crippen LogP contribution in [0, 0.1) is 0 Å². The maximum absolute atomic E-state index is 13.8. The number of nitrogens with one attached hydrogen (secondary N) is 6. The van der Waals surface area contributed by atoms with Crippen LogP contribution < -0.4 is 31.9 Å². The lowest BCUT2D eigenvalue weighted by molar-refractivity contribution is -0.270. The minimum absolute atomic E-state index is 0.0554. The predicted octanol–water partition coefficient (Wildman–Crippen LogP) is -2.11. The summed E-state index contributed by atoms with van der Waals surface area (Å²) in [5.74, 6) is -3.14. The van der Waals surface area contributed by atoms with Gasteiger partial charge in [-0.25, -0.2) is 9.13 Å². The SMILES string of the molecule is CC(=O)NC1C(OCCCCCC(=O)NCCCCCC(=O)N(CCO)CCOP(=O)(O)OCCN(CCOP(=O)(O)OCCN(CCOC2CCC2)C(=O)CCCCCNC(=O)CCCCCOC2OC(CO)C(O)C(O)C2NC(C)=O)C(=O)CCCCCNC(=O)CCCCCOC2OC(CO)C(O)C(O)C2NC(C)=O)OC(CO)C(O)C1O. The Balaban J connectivity index is 1.20. The van der Waals surface area contributed by atoms with E-state index in [-0.39, 0.29) is 146 Å². The van der Waals surface area contributed by atoms with Gasteiger partial charge in [0.05, 0.1) is 65.6 Å². The largest absolute Gasteiger partial charge is 0.472 e. The van der Waals surface area contributed by atoms with Gasteiger partial charge >= 0.3 is 15.6 Å². The quantitative estimate of drug-likeness (QED) is 0.0229. The number of aliphatic hydroxyl groups excluding tert-OH is 10. The molecular weight excluding hydrogens is 1640 g/mol. The fraction of sp³-hybridized carbons (Fsp3) is 0.882. The molecule has 4 fully saturated rings. The molecule has 3 saturated heterocycles. The lowest BCUT2D eigenvalue weighted by Gasteiger charge is -2.42. The minimum atomic E-state index is -4.86. The molecule has 121 heavy (non-hydrogen) atoms. The lowest BCUT2D eigenvalue weighted by Crippen LogP contribution is -2.64. The van der Waals surface area contributed by atoms with Gasteiger partial charge in [0, 0.05) is 138 Å². The number of phosphoric acid groups is 2. The van der Waals surface area contributed by atoms with Crippen molar-refractivity contribution in [3.8, 4) is 0 Å². The number of rotatable bonds is 67. The van der Waals surface area contributed by atoms with E-state index < -0.39 is 184 Å². The van der Waals surface area contributed by atoms with Gasteiger partial charge in [0.25, 0.3) is 0 Å². The van der Waals surface area contributed by atoms with Crippen molar-refractivity contribution in [3.63, 3.8) is 0 Å². The molecule has 0 aromatic carbocycles. The van der Waals surface area contributed by atoms with E-state index in [1.165, 1.54) is 35.5 Å². The molecule has 0 aromatic heterocycles. The number of unbranched alkanes of at least 4 members (excludes halogenated alkanes) is 12. The Morgan fingerprint density at radius 1 is 0.347 bits per heavy atom. The Morgan fingerprint density at radius 3 is 0.884 bits per heavy atom. The van der Waals surface area contributed by atoms with E-state index >= 15 is 0 Å². The zero-order valence-corrected chi connectivity index (χ0v) is 72.1. The van der Waals surface area contributed by atoms with Crippen molar-refractivity contribution in [1.82, 2.24) is 46.6 Å². The zero-order valence-electron chi connectivity index (χ0n) is 70.3. The molecule has 45 heteroatoms. The van der Waals surface area contributed by atoms with Gasteiger partial charge in [-0.3, -0.25) is 61.2 Å². The van der Waals surface area contributed by atoms with Gasteiger partial charge in [-0.15, -0.1) is 0 Å². The highest BCUT2D eigenvalue weighted by Gasteiger charge is 2.48. The first-order chi connectivity index (χ1) is 57.8. The van der Waals surface area contributed by atoms with Gasteiger partial charge in [-0.2, -0.15) is 0 Å². The fourth-order valence-corrected chi connectivity index (χ4v) is 14.9. The van der Waals surface area contributed by atoms with Crippen molar-refractivity contribution in [2.24, 2.45) is 0 Å². The normalized spacial score (nSPS) is 24.6. The molecule has 0 spiro atoms. The molecule has 18 N–H and O–H groups in total. The second kappa shape index (κ2) is 61.2. The summed E-state index contributed by atoms with van der Waals surface area (Å²) in [4.78, 5) is 139. The monoisotopic (exact) mass is 1780 g/mol. The van der Waals surface area contributed by atoms with Gasteiger partial charge in [0.1, 0.15) is 73.1 Å². The van der Waals surface area contributed by atoms with Crippen LogP contribution in [0.25, 0.3) is 0 Å². The number of hydrogen-bond acceptors (Lipinski definition) is 32. The van der Waals surface area contributed by atoms with Crippen LogP contribution in [0.3, 0.4) is 0 Å². The Kier molecular flexibility index (Phi) is 54.7. The van der Waals surface area contributed by atoms with Gasteiger partial charge in [-0.05, 0) is 96.3 Å². The van der Waals surface area contributed by atoms with E-state index in [4.69, 9.17) is 51.3 Å². The van der Waals surface area contributed by atoms with E-state index in [1.807, 2.05) is 0 Å². The van der Waals surface area contributed by atoms with Crippen LogP contribution in [-0.4, -0.2) is 365 Å². The second-order valence-corrected chi connectivity index (χ2v) is 33.3. The highest BCUT2D eigenvalue weighted by molar-refractivity contribution is 7.47. The molecule has 4 aliphatic rings. The third-order valence-electron chi connectivity index (χ3n) is 20.6. The summed E-state index contributed by atoms with van der Waals surface area (Å²) >= 11 is 0. The van der Waals surface area contributed by atoms with Crippen LogP contribution in [0.1, 0.15) is 194 Å². The molecule has 0 aromatic rings. The maximum atomic E-state index is 13.8. The summed E-state index contributed by atoms with van der Waals surface area (Å²) in [6.07, 6.45) is -2.46. The number of nitrogens with zero attached hydrogens (tertiary/aromatic N) is 3. The summed E-state index contributed by atoms with van der Waals surface area (Å²) in [7, 11) is -9.70. The number of hydrogen-bond donors (Lipinski definition) is 18. The summed E-state index contributed by atoms with van der Waals surface area (Å²) in [6, 6.07) is -3.21. The molecule has 17 atom stereocenters. The number of amides is 9. The zero-order chi connectivity index (χ0) is 89.1. The third-order valence-corrected chi connectivity index (χ3v) is 22.6. The van der Waals surface area contributed by atoms with E-state index in [1.54, 1.807) is 0 Å². The summed E-state index contributed by atoms with van der Waals surface area (Å²) in [5.41, 5.74) is 0. The predicted molar refractivity (Wildman–Crippen MR) is 428 cm³/mol. The molecule has 1 aliphatic carbocycles. The topological polar surface area (TPSA) is 614 Å². The Bertz CT molecular complexity index is 3090. The Morgan fingerprint density at radius 2 is 0.620 bits per heavy atom. The van der Waals surface area contributed by atoms with E-state index in [2.05, 4.69) is 31.9 Å². The van der Waals surface area contributed by atoms with Crippen LogP contribution in [0.15, 0.2) is 0 Å². The molecule has 43 nitrogen and oxygen atoms in total. The van der Waals surface area contributed by atoms with E-state index in [0.717, 1.165) is 19.3 Å². The maximum Gasteiger partial charge on any atom is 0.472 e. The molecule has 3 aliphatic heterocycles. The summed E-state index contributed by atoms with van der Waals surface area (Å²) in [6.45, 7) is 0.189. The van der Waals surface area contributed by atoms with Crippen molar-refractivity contribution in [2.75, 3.05) is 138 Å². The first kappa shape index (κ1) is 108. The lowest BCUT2D eigenvalue weighted by atomic mass is 9.96. The number of ether oxygens (including phenoxy) is 7. The smallest absolute Gasteiger partial charge is 0.395 e. The molecule has 702 valence electrons. The second-order valence-electron chi connectivity index (χ2n) is 30.4. The first-order valence-electron chi connectivity index (χ1n) is 42.5. The van der Waals surface area contributed by atoms with Crippen LogP contribution in [0.4, 0.5) is 0 Å². The molecule has 9 amide bonds. The fourth-order valence-electron chi connectivity index (χ4n) is 13.5. The highest BCUT2D eigenvalue weighted by atomic mass is 31.2. The van der Waals surface area contributed by atoms with Crippen molar-refractivity contribution < 1.29 is 164 Å². The van der Waals surface area contributed by atoms with Crippen LogP contribution in [0.2, 0.25) is 0 Å². The minimum Gasteiger partial charge on any atom is -0.395 e. The van der Waals surface area contributed by atoms with Crippen LogP contribution in [0.5, 0.6) is 0 Å². The Hall–Kier alpha value is -5.23. The molecule has 0 radical (unpaired) electrons. The first-order valence-corrected chi connectivity index (χ1v) is 45.5. The molecule has 0 bridgehead atoms. The number of carbonyl (C=O) groups excluding carboxylic acids is 9. The molecular formula is C76H139N9O34P2. The summed E-state index contributed by atoms with van der Waals surface area (Å²) in [5, 5.41) is 117. The van der Waals surface area contributed by atoms with Crippen molar-refractivity contribution in [2.45, 2.75) is 292 Å². The van der Waals surface area contributed by atoms with E-state index in [0.29, 0.717) is 129 Å². The standard InChI is InChI=1S/C76H139N9O34P2/c1-52(90)80-65-71(102)68(99)56(49-87)117-74(65)110-41-19-7-10-25-59(93)77-31-16-4-13-28-62(96)83(34-40-86)36-45-113-120(105,106)115-47-38-85(64(98)30-15-6-18-33-79-61(95)27-12-9-21-43-112-76-67(82-54(3)92)73(104)70(101)58(51-89)119-76)39-48-116-121(107,108)114-46-37-84(35-44-109-55-23-22-24-55)63(97)29-14-5-17-32-78-60(94)26-11-8-20-42-111-75-66(81-53(2)91)72(103)69(100)57(50-88)118-75/h55-58,65-76,86-89,99-104H,4-51H2,1-3H3,(H,77,93)(H,78,94)(H,79,95)(H,80,90)(H,81,91)(H,82,92)(H,105,106)(H,107,108). The Labute approximate surface area is 707 Å².